The topological polar surface area (TPSA) is 84.9 Å². The van der Waals surface area contributed by atoms with Crippen LogP contribution in [0.1, 0.15) is 12.5 Å². The van der Waals surface area contributed by atoms with Crippen molar-refractivity contribution >= 4 is 21.6 Å². The Hall–Kier alpha value is -2.58. The molecule has 0 bridgehead atoms. The lowest BCUT2D eigenvalue weighted by molar-refractivity contribution is -0.116. The van der Waals surface area contributed by atoms with Crippen molar-refractivity contribution in [3.63, 3.8) is 0 Å². The second-order valence-electron chi connectivity index (χ2n) is 6.13. The first-order valence-electron chi connectivity index (χ1n) is 8.58. The molecule has 144 valence electrons. The molecule has 0 fully saturated rings. The van der Waals surface area contributed by atoms with Crippen LogP contribution < -0.4 is 19.1 Å². The van der Waals surface area contributed by atoms with Crippen LogP contribution in [0.4, 0.5) is 5.69 Å². The second kappa shape index (κ2) is 7.98. The fourth-order valence-electron chi connectivity index (χ4n) is 2.97. The summed E-state index contributed by atoms with van der Waals surface area (Å²) in [6, 6.07) is 11.9. The second-order valence-corrected chi connectivity index (χ2v) is 7.90. The SMILES string of the molecule is COc1ccc(OCCNS(=O)(=O)c2ccc3c(c2)CCN3C(C)=O)cc1. The van der Waals surface area contributed by atoms with Crippen LogP contribution in [-0.2, 0) is 21.2 Å². The lowest BCUT2D eigenvalue weighted by Gasteiger charge is -2.15. The Labute approximate surface area is 158 Å². The van der Waals surface area contributed by atoms with E-state index in [0.29, 0.717) is 18.7 Å². The number of ether oxygens (including phenoxy) is 2. The number of sulfonamides is 1. The van der Waals surface area contributed by atoms with E-state index in [0.717, 1.165) is 17.0 Å². The van der Waals surface area contributed by atoms with Gasteiger partial charge in [0.15, 0.2) is 0 Å². The van der Waals surface area contributed by atoms with Gasteiger partial charge >= 0.3 is 0 Å². The van der Waals surface area contributed by atoms with Crippen LogP contribution in [0.25, 0.3) is 0 Å². The maximum absolute atomic E-state index is 12.5. The largest absolute Gasteiger partial charge is 0.497 e. The third-order valence-corrected chi connectivity index (χ3v) is 5.82. The molecule has 0 unspecified atom stereocenters. The average molecular weight is 390 g/mol. The Morgan fingerprint density at radius 2 is 1.85 bits per heavy atom. The molecular weight excluding hydrogens is 368 g/mol. The maximum Gasteiger partial charge on any atom is 0.240 e. The minimum absolute atomic E-state index is 0.0434. The normalized spacial score (nSPS) is 13.3. The molecule has 0 spiro atoms. The molecule has 2 aromatic rings. The monoisotopic (exact) mass is 390 g/mol. The molecule has 0 radical (unpaired) electrons. The molecule has 0 aromatic heterocycles. The Morgan fingerprint density at radius 1 is 1.15 bits per heavy atom. The average Bonchev–Trinajstić information content (AvgIpc) is 3.09. The number of hydrogen-bond acceptors (Lipinski definition) is 5. The molecule has 1 amide bonds. The highest BCUT2D eigenvalue weighted by Gasteiger charge is 2.24. The lowest BCUT2D eigenvalue weighted by atomic mass is 10.2. The molecule has 3 rings (SSSR count). The van der Waals surface area contributed by atoms with Crippen LogP contribution >= 0.6 is 0 Å². The third kappa shape index (κ3) is 4.40. The van der Waals surface area contributed by atoms with E-state index in [4.69, 9.17) is 9.47 Å². The van der Waals surface area contributed by atoms with Crippen LogP contribution in [0, 0.1) is 0 Å². The molecule has 0 atom stereocenters. The van der Waals surface area contributed by atoms with Crippen LogP contribution in [0.2, 0.25) is 0 Å². The standard InChI is InChI=1S/C19H22N2O5S/c1-14(22)21-11-9-15-13-18(7-8-19(15)21)27(23,24)20-10-12-26-17-5-3-16(25-2)4-6-17/h3-8,13,20H,9-12H2,1-2H3. The van der Waals surface area contributed by atoms with E-state index in [9.17, 15) is 13.2 Å². The van der Waals surface area contributed by atoms with E-state index in [1.165, 1.54) is 13.0 Å². The summed E-state index contributed by atoms with van der Waals surface area (Å²) >= 11 is 0. The van der Waals surface area contributed by atoms with Crippen LogP contribution in [0.15, 0.2) is 47.4 Å². The smallest absolute Gasteiger partial charge is 0.240 e. The van der Waals surface area contributed by atoms with Crippen molar-refractivity contribution in [2.75, 3.05) is 31.7 Å². The van der Waals surface area contributed by atoms with Gasteiger partial charge in [0, 0.05) is 25.7 Å². The number of hydrogen-bond donors (Lipinski definition) is 1. The first-order chi connectivity index (χ1) is 12.9. The van der Waals surface area contributed by atoms with Gasteiger partial charge in [-0.1, -0.05) is 0 Å². The van der Waals surface area contributed by atoms with Crippen molar-refractivity contribution in [1.29, 1.82) is 0 Å². The molecule has 1 N–H and O–H groups in total. The van der Waals surface area contributed by atoms with E-state index in [-0.39, 0.29) is 24.0 Å². The zero-order valence-corrected chi connectivity index (χ0v) is 16.1. The number of nitrogens with zero attached hydrogens (tertiary/aromatic N) is 1. The number of rotatable bonds is 7. The van der Waals surface area contributed by atoms with Gasteiger partial charge in [0.25, 0.3) is 0 Å². The van der Waals surface area contributed by atoms with Crippen molar-refractivity contribution in [1.82, 2.24) is 4.72 Å². The summed E-state index contributed by atoms with van der Waals surface area (Å²) in [6.45, 7) is 2.43. The molecule has 0 aliphatic carbocycles. The summed E-state index contributed by atoms with van der Waals surface area (Å²) in [7, 11) is -2.05. The summed E-state index contributed by atoms with van der Waals surface area (Å²) in [5.74, 6) is 1.32. The van der Waals surface area contributed by atoms with Gasteiger partial charge in [0.05, 0.1) is 12.0 Å². The molecule has 1 aliphatic rings. The number of amides is 1. The summed E-state index contributed by atoms with van der Waals surface area (Å²) in [6.07, 6.45) is 0.652. The Balaban J connectivity index is 1.58. The Morgan fingerprint density at radius 3 is 2.52 bits per heavy atom. The molecule has 1 heterocycles. The first kappa shape index (κ1) is 19.2. The molecule has 2 aromatic carbocycles. The zero-order chi connectivity index (χ0) is 19.4. The van der Waals surface area contributed by atoms with Gasteiger partial charge in [-0.25, -0.2) is 13.1 Å². The van der Waals surface area contributed by atoms with Crippen LogP contribution in [0.3, 0.4) is 0 Å². The molecular formula is C19H22N2O5S. The Bertz CT molecular complexity index is 926. The van der Waals surface area contributed by atoms with Crippen molar-refractivity contribution in [3.8, 4) is 11.5 Å². The van der Waals surface area contributed by atoms with E-state index >= 15 is 0 Å². The van der Waals surface area contributed by atoms with Gasteiger partial charge in [0.2, 0.25) is 15.9 Å². The molecule has 7 nitrogen and oxygen atoms in total. The van der Waals surface area contributed by atoms with Gasteiger partial charge in [-0.2, -0.15) is 0 Å². The van der Waals surface area contributed by atoms with Gasteiger partial charge in [0.1, 0.15) is 18.1 Å². The van der Waals surface area contributed by atoms with Crippen molar-refractivity contribution in [2.24, 2.45) is 0 Å². The van der Waals surface area contributed by atoms with Crippen LogP contribution in [-0.4, -0.2) is 41.1 Å². The third-order valence-electron chi connectivity index (χ3n) is 4.36. The predicted molar refractivity (Wildman–Crippen MR) is 102 cm³/mol. The number of anilines is 1. The van der Waals surface area contributed by atoms with Crippen molar-refractivity contribution in [2.45, 2.75) is 18.2 Å². The number of fused-ring (bicyclic) bond motifs is 1. The maximum atomic E-state index is 12.5. The number of nitrogens with one attached hydrogen (secondary N) is 1. The molecule has 8 heteroatoms. The number of benzene rings is 2. The highest BCUT2D eigenvalue weighted by Crippen LogP contribution is 2.30. The predicted octanol–water partition coefficient (Wildman–Crippen LogP) is 1.96. The van der Waals surface area contributed by atoms with E-state index < -0.39 is 10.0 Å². The van der Waals surface area contributed by atoms with Gasteiger partial charge < -0.3 is 14.4 Å². The van der Waals surface area contributed by atoms with E-state index in [2.05, 4.69) is 4.72 Å². The van der Waals surface area contributed by atoms with Crippen molar-refractivity contribution in [3.05, 3.63) is 48.0 Å². The minimum Gasteiger partial charge on any atom is -0.497 e. The molecule has 1 aliphatic heterocycles. The van der Waals surface area contributed by atoms with Crippen molar-refractivity contribution < 1.29 is 22.7 Å². The highest BCUT2D eigenvalue weighted by atomic mass is 32.2. The summed E-state index contributed by atoms with van der Waals surface area (Å²) in [4.78, 5) is 13.4. The van der Waals surface area contributed by atoms with Gasteiger partial charge in [-0.05, 0) is 54.4 Å². The number of carbonyl (C=O) groups is 1. The molecule has 0 saturated heterocycles. The lowest BCUT2D eigenvalue weighted by Crippen LogP contribution is -2.28. The zero-order valence-electron chi connectivity index (χ0n) is 15.3. The van der Waals surface area contributed by atoms with Gasteiger partial charge in [-0.3, -0.25) is 4.79 Å². The summed E-state index contributed by atoms with van der Waals surface area (Å²) < 4.78 is 38.1. The summed E-state index contributed by atoms with van der Waals surface area (Å²) in [5.41, 5.74) is 1.65. The number of methoxy groups -OCH3 is 1. The Kier molecular flexibility index (Phi) is 5.67. The van der Waals surface area contributed by atoms with E-state index in [1.807, 2.05) is 0 Å². The first-order valence-corrected chi connectivity index (χ1v) is 10.1. The van der Waals surface area contributed by atoms with Gasteiger partial charge in [-0.15, -0.1) is 0 Å². The quantitative estimate of drug-likeness (QED) is 0.731. The minimum atomic E-state index is -3.64. The van der Waals surface area contributed by atoms with E-state index in [1.54, 1.807) is 48.4 Å². The van der Waals surface area contributed by atoms with Crippen LogP contribution in [0.5, 0.6) is 11.5 Å². The molecule has 27 heavy (non-hydrogen) atoms. The summed E-state index contributed by atoms with van der Waals surface area (Å²) in [5, 5.41) is 0. The molecule has 0 saturated carbocycles. The fraction of sp³-hybridized carbons (Fsp3) is 0.316. The fourth-order valence-corrected chi connectivity index (χ4v) is 4.04. The highest BCUT2D eigenvalue weighted by molar-refractivity contribution is 7.89. The number of carbonyl (C=O) groups excluding carboxylic acids is 1.